The molecule has 4 heterocycles. The Morgan fingerprint density at radius 2 is 2.11 bits per heavy atom. The number of rotatable bonds is 3. The van der Waals surface area contributed by atoms with Crippen LogP contribution < -0.4 is 10.6 Å². The van der Waals surface area contributed by atoms with E-state index in [1.165, 1.54) is 7.11 Å². The second-order valence-corrected chi connectivity index (χ2v) is 7.22. The van der Waals surface area contributed by atoms with Gasteiger partial charge in [0.1, 0.15) is 12.6 Å². The average molecular weight is 376 g/mol. The molecule has 0 aliphatic carbocycles. The lowest BCUT2D eigenvalue weighted by Gasteiger charge is -2.50. The van der Waals surface area contributed by atoms with Crippen LogP contribution >= 0.6 is 0 Å². The third kappa shape index (κ3) is 2.93. The maximum atomic E-state index is 12.7. The molecule has 2 saturated heterocycles. The Morgan fingerprint density at radius 1 is 1.33 bits per heavy atom. The maximum Gasteiger partial charge on any atom is 0.315 e. The Labute approximate surface area is 156 Å². The smallest absolute Gasteiger partial charge is 0.315 e. The van der Waals surface area contributed by atoms with Gasteiger partial charge in [0, 0.05) is 45.4 Å². The van der Waals surface area contributed by atoms with Crippen molar-refractivity contribution < 1.29 is 19.1 Å². The highest BCUT2D eigenvalue weighted by atomic mass is 16.5. The quantitative estimate of drug-likeness (QED) is 0.621. The number of H-pyrrole nitrogens is 1. The zero-order chi connectivity index (χ0) is 19.0. The van der Waals surface area contributed by atoms with Crippen molar-refractivity contribution in [3.63, 3.8) is 0 Å². The van der Waals surface area contributed by atoms with E-state index in [1.807, 2.05) is 4.90 Å². The standard InChI is InChI=1S/C17H24N6O4/c1-27-9-13(24)23-5-2-11-14(20-10-19-11)17(23)3-6-22(7-4-17)15(25)12-8-18-16(26)21-12/h10,12H,2-9H2,1H3,(H,19,20)(H2,18,21,26). The Bertz CT molecular complexity index is 754. The molecule has 0 bridgehead atoms. The van der Waals surface area contributed by atoms with E-state index in [4.69, 9.17) is 4.74 Å². The van der Waals surface area contributed by atoms with Crippen LogP contribution in [-0.2, 0) is 26.3 Å². The molecule has 1 unspecified atom stereocenters. The van der Waals surface area contributed by atoms with Gasteiger partial charge in [0.25, 0.3) is 0 Å². The number of methoxy groups -OCH3 is 1. The first-order valence-corrected chi connectivity index (χ1v) is 9.20. The summed E-state index contributed by atoms with van der Waals surface area (Å²) in [6, 6.07) is -0.836. The number of amides is 4. The molecule has 3 aliphatic rings. The summed E-state index contributed by atoms with van der Waals surface area (Å²) in [6.07, 6.45) is 3.63. The number of carbonyl (C=O) groups excluding carboxylic acids is 3. The zero-order valence-corrected chi connectivity index (χ0v) is 15.3. The van der Waals surface area contributed by atoms with E-state index in [2.05, 4.69) is 20.6 Å². The van der Waals surface area contributed by atoms with Gasteiger partial charge in [-0.05, 0) is 12.8 Å². The van der Waals surface area contributed by atoms with E-state index in [0.29, 0.717) is 39.0 Å². The molecule has 1 aromatic heterocycles. The van der Waals surface area contributed by atoms with Gasteiger partial charge in [0.05, 0.1) is 17.6 Å². The number of hydrogen-bond donors (Lipinski definition) is 3. The first kappa shape index (κ1) is 17.8. The number of piperidine rings is 1. The fourth-order valence-corrected chi connectivity index (χ4v) is 4.47. The van der Waals surface area contributed by atoms with Crippen molar-refractivity contribution in [2.24, 2.45) is 0 Å². The van der Waals surface area contributed by atoms with Gasteiger partial charge in [-0.1, -0.05) is 0 Å². The predicted molar refractivity (Wildman–Crippen MR) is 93.7 cm³/mol. The lowest BCUT2D eigenvalue weighted by atomic mass is 9.78. The molecule has 4 rings (SSSR count). The number of hydrogen-bond acceptors (Lipinski definition) is 5. The summed E-state index contributed by atoms with van der Waals surface area (Å²) in [5.74, 6) is -0.144. The topological polar surface area (TPSA) is 120 Å². The van der Waals surface area contributed by atoms with Crippen molar-refractivity contribution in [2.45, 2.75) is 30.8 Å². The molecule has 3 N–H and O–H groups in total. The fraction of sp³-hybridized carbons (Fsp3) is 0.647. The summed E-state index contributed by atoms with van der Waals surface area (Å²) in [5, 5.41) is 5.25. The molecule has 4 amide bonds. The minimum absolute atomic E-state index is 0.0317. The lowest BCUT2D eigenvalue weighted by molar-refractivity contribution is -0.148. The van der Waals surface area contributed by atoms with Gasteiger partial charge in [-0.25, -0.2) is 9.78 Å². The van der Waals surface area contributed by atoms with E-state index >= 15 is 0 Å². The first-order valence-electron chi connectivity index (χ1n) is 9.20. The summed E-state index contributed by atoms with van der Waals surface area (Å²) in [5.41, 5.74) is 1.45. The minimum atomic E-state index is -0.523. The predicted octanol–water partition coefficient (Wildman–Crippen LogP) is -1.06. The van der Waals surface area contributed by atoms with Gasteiger partial charge >= 0.3 is 6.03 Å². The molecule has 10 nitrogen and oxygen atoms in total. The van der Waals surface area contributed by atoms with Crippen molar-refractivity contribution in [1.82, 2.24) is 30.4 Å². The molecular weight excluding hydrogens is 352 g/mol. The number of fused-ring (bicyclic) bond motifs is 2. The third-order valence-electron chi connectivity index (χ3n) is 5.80. The van der Waals surface area contributed by atoms with Crippen LogP contribution in [0.5, 0.6) is 0 Å². The summed E-state index contributed by atoms with van der Waals surface area (Å²) >= 11 is 0. The van der Waals surface area contributed by atoms with Gasteiger partial charge in [-0.15, -0.1) is 0 Å². The van der Waals surface area contributed by atoms with Crippen molar-refractivity contribution >= 4 is 17.8 Å². The number of nitrogens with zero attached hydrogens (tertiary/aromatic N) is 3. The van der Waals surface area contributed by atoms with Crippen molar-refractivity contribution in [3.8, 4) is 0 Å². The summed E-state index contributed by atoms with van der Waals surface area (Å²) in [4.78, 5) is 48.0. The van der Waals surface area contributed by atoms with Gasteiger partial charge in [-0.3, -0.25) is 9.59 Å². The number of aromatic nitrogens is 2. The number of aromatic amines is 1. The van der Waals surface area contributed by atoms with Crippen LogP contribution in [0.1, 0.15) is 24.2 Å². The van der Waals surface area contributed by atoms with Crippen LogP contribution in [0.4, 0.5) is 4.79 Å². The van der Waals surface area contributed by atoms with E-state index in [9.17, 15) is 14.4 Å². The first-order chi connectivity index (χ1) is 13.0. The van der Waals surface area contributed by atoms with E-state index in [-0.39, 0.29) is 24.5 Å². The summed E-state index contributed by atoms with van der Waals surface area (Å²) in [6.45, 7) is 1.96. The molecule has 2 fully saturated rings. The van der Waals surface area contributed by atoms with Crippen LogP contribution in [0, 0.1) is 0 Å². The molecule has 0 aromatic carbocycles. The van der Waals surface area contributed by atoms with Crippen LogP contribution in [-0.4, -0.2) is 83.6 Å². The number of imidazole rings is 1. The molecule has 10 heteroatoms. The van der Waals surface area contributed by atoms with Crippen LogP contribution in [0.2, 0.25) is 0 Å². The fourth-order valence-electron chi connectivity index (χ4n) is 4.47. The molecule has 3 aliphatic heterocycles. The minimum Gasteiger partial charge on any atom is -0.375 e. The number of nitrogens with one attached hydrogen (secondary N) is 3. The largest absolute Gasteiger partial charge is 0.375 e. The molecule has 1 aromatic rings. The second-order valence-electron chi connectivity index (χ2n) is 7.22. The van der Waals surface area contributed by atoms with Gasteiger partial charge in [0.15, 0.2) is 0 Å². The van der Waals surface area contributed by atoms with Gasteiger partial charge in [0.2, 0.25) is 11.8 Å². The SMILES string of the molecule is COCC(=O)N1CCc2[nH]cnc2C12CCN(C(=O)C1CNC(=O)N1)CC2. The van der Waals surface area contributed by atoms with E-state index in [0.717, 1.165) is 17.8 Å². The molecule has 1 spiro atoms. The normalized spacial score (nSPS) is 23.7. The second kappa shape index (κ2) is 6.84. The molecule has 0 radical (unpaired) electrons. The Kier molecular flexibility index (Phi) is 4.50. The maximum absolute atomic E-state index is 12.7. The Morgan fingerprint density at radius 3 is 2.78 bits per heavy atom. The highest BCUT2D eigenvalue weighted by Gasteiger charge is 2.49. The van der Waals surface area contributed by atoms with Crippen LogP contribution in [0.25, 0.3) is 0 Å². The zero-order valence-electron chi connectivity index (χ0n) is 15.3. The highest BCUT2D eigenvalue weighted by Crippen LogP contribution is 2.42. The van der Waals surface area contributed by atoms with Crippen molar-refractivity contribution in [2.75, 3.05) is 39.9 Å². The number of urea groups is 1. The Balaban J connectivity index is 1.54. The van der Waals surface area contributed by atoms with Crippen LogP contribution in [0.15, 0.2) is 6.33 Å². The molecule has 146 valence electrons. The number of likely N-dealkylation sites (tertiary alicyclic amines) is 1. The monoisotopic (exact) mass is 376 g/mol. The van der Waals surface area contributed by atoms with E-state index < -0.39 is 11.6 Å². The molecule has 27 heavy (non-hydrogen) atoms. The van der Waals surface area contributed by atoms with Crippen LogP contribution in [0.3, 0.4) is 0 Å². The molecule has 0 saturated carbocycles. The van der Waals surface area contributed by atoms with Crippen molar-refractivity contribution in [1.29, 1.82) is 0 Å². The molecular formula is C17H24N6O4. The summed E-state index contributed by atoms with van der Waals surface area (Å²) in [7, 11) is 1.51. The number of ether oxygens (including phenoxy) is 1. The molecule has 1 atom stereocenters. The van der Waals surface area contributed by atoms with Gasteiger partial charge in [-0.2, -0.15) is 0 Å². The lowest BCUT2D eigenvalue weighted by Crippen LogP contribution is -2.60. The van der Waals surface area contributed by atoms with E-state index in [1.54, 1.807) is 11.2 Å². The Hall–Kier alpha value is -2.62. The summed E-state index contributed by atoms with van der Waals surface area (Å²) < 4.78 is 5.07. The third-order valence-corrected chi connectivity index (χ3v) is 5.80. The van der Waals surface area contributed by atoms with Gasteiger partial charge < -0.3 is 30.2 Å². The van der Waals surface area contributed by atoms with Crippen molar-refractivity contribution in [3.05, 3.63) is 17.7 Å². The number of carbonyl (C=O) groups is 3. The average Bonchev–Trinajstić information content (AvgIpc) is 3.32. The highest BCUT2D eigenvalue weighted by molar-refractivity contribution is 5.90.